The maximum absolute atomic E-state index is 6.31. The fourth-order valence-electron chi connectivity index (χ4n) is 4.30. The van der Waals surface area contributed by atoms with E-state index in [1.807, 2.05) is 35.1 Å². The third-order valence-electron chi connectivity index (χ3n) is 6.07. The van der Waals surface area contributed by atoms with Crippen LogP contribution < -0.4 is 0 Å². The first-order valence-electron chi connectivity index (χ1n) is 10.8. The van der Waals surface area contributed by atoms with E-state index < -0.39 is 0 Å². The normalized spacial score (nSPS) is 15.5. The van der Waals surface area contributed by atoms with Crippen molar-refractivity contribution in [2.45, 2.75) is 25.4 Å². The molecule has 2 aromatic carbocycles. The molecule has 1 aliphatic heterocycles. The lowest BCUT2D eigenvalue weighted by Gasteiger charge is -2.11. The molecule has 0 spiro atoms. The molecule has 0 amide bonds. The number of fused-ring (bicyclic) bond motifs is 2. The maximum atomic E-state index is 6.31. The van der Waals surface area contributed by atoms with Gasteiger partial charge in [0.2, 0.25) is 0 Å². The second-order valence-electron chi connectivity index (χ2n) is 8.14. The molecule has 162 valence electrons. The minimum atomic E-state index is 0.0189. The molecule has 0 radical (unpaired) electrons. The third kappa shape index (κ3) is 3.81. The Morgan fingerprint density at radius 2 is 2.03 bits per heavy atom. The summed E-state index contributed by atoms with van der Waals surface area (Å²) in [6.07, 6.45) is 7.17. The quantitative estimate of drug-likeness (QED) is 0.346. The number of halogens is 1. The van der Waals surface area contributed by atoms with Crippen LogP contribution in [0.3, 0.4) is 0 Å². The topological polar surface area (TPSA) is 84.1 Å². The van der Waals surface area contributed by atoms with Crippen LogP contribution in [0.2, 0.25) is 5.02 Å². The highest BCUT2D eigenvalue weighted by atomic mass is 35.5. The van der Waals surface area contributed by atoms with E-state index in [1.165, 1.54) is 5.56 Å². The van der Waals surface area contributed by atoms with Crippen molar-refractivity contribution in [1.82, 2.24) is 25.0 Å². The van der Waals surface area contributed by atoms with E-state index in [0.29, 0.717) is 11.6 Å². The van der Waals surface area contributed by atoms with Crippen molar-refractivity contribution in [2.75, 3.05) is 0 Å². The number of nitrogens with zero attached hydrogens (tertiary/aromatic N) is 6. The smallest absolute Gasteiger partial charge is 0.0966 e. The number of hydrogen-bond acceptors (Lipinski definition) is 5. The number of aryl methyl sites for hydroxylation is 1. The van der Waals surface area contributed by atoms with Gasteiger partial charge < -0.3 is 0 Å². The molecule has 1 atom stereocenters. The predicted molar refractivity (Wildman–Crippen MR) is 128 cm³/mol. The van der Waals surface area contributed by atoms with Crippen molar-refractivity contribution in [3.63, 3.8) is 0 Å². The molecular weight excluding hydrogens is 434 g/mol. The Kier molecular flexibility index (Phi) is 4.96. The second-order valence-corrected chi connectivity index (χ2v) is 8.54. The zero-order chi connectivity index (χ0) is 22.2. The summed E-state index contributed by atoms with van der Waals surface area (Å²) in [5.74, 6) is 0. The fraction of sp³-hybridized carbons (Fsp3) is 0.160. The molecule has 0 aliphatic carbocycles. The first-order chi connectivity index (χ1) is 16.2. The highest BCUT2D eigenvalue weighted by Gasteiger charge is 2.18. The molecule has 0 bridgehead atoms. The van der Waals surface area contributed by atoms with E-state index >= 15 is 0 Å². The van der Waals surface area contributed by atoms with Gasteiger partial charge in [0.05, 0.1) is 46.4 Å². The first kappa shape index (κ1) is 19.8. The van der Waals surface area contributed by atoms with Crippen LogP contribution in [0.15, 0.2) is 83.4 Å². The van der Waals surface area contributed by atoms with Crippen LogP contribution in [0.25, 0.3) is 22.2 Å². The van der Waals surface area contributed by atoms with Crippen molar-refractivity contribution in [1.29, 1.82) is 0 Å². The van der Waals surface area contributed by atoms with E-state index in [-0.39, 0.29) is 6.04 Å². The predicted octanol–water partition coefficient (Wildman–Crippen LogP) is 6.29. The molecule has 1 aliphatic rings. The van der Waals surface area contributed by atoms with Crippen molar-refractivity contribution in [3.05, 3.63) is 95.0 Å². The van der Waals surface area contributed by atoms with E-state index in [0.717, 1.165) is 51.9 Å². The molecule has 7 nitrogen and oxygen atoms in total. The molecule has 0 saturated heterocycles. The summed E-state index contributed by atoms with van der Waals surface area (Å²) in [7, 11) is 0. The monoisotopic (exact) mass is 453 g/mol. The highest BCUT2D eigenvalue weighted by molar-refractivity contribution is 6.31. The van der Waals surface area contributed by atoms with Crippen LogP contribution in [0.4, 0.5) is 5.69 Å². The molecule has 5 aromatic rings. The van der Waals surface area contributed by atoms with E-state index in [1.54, 1.807) is 12.4 Å². The third-order valence-corrected chi connectivity index (χ3v) is 6.41. The second kappa shape index (κ2) is 8.26. The summed E-state index contributed by atoms with van der Waals surface area (Å²) in [5, 5.41) is 22.6. The Labute approximate surface area is 195 Å². The molecule has 0 fully saturated rings. The number of nitrogens with one attached hydrogen (secondary N) is 1. The van der Waals surface area contributed by atoms with Gasteiger partial charge in [-0.3, -0.25) is 14.8 Å². The molecule has 4 heterocycles. The van der Waals surface area contributed by atoms with Gasteiger partial charge in [-0.2, -0.15) is 20.4 Å². The molecule has 1 unspecified atom stereocenters. The Morgan fingerprint density at radius 3 is 2.97 bits per heavy atom. The Hall–Kier alpha value is -3.84. The van der Waals surface area contributed by atoms with Crippen LogP contribution in [-0.4, -0.2) is 25.0 Å². The number of benzene rings is 2. The van der Waals surface area contributed by atoms with Crippen LogP contribution in [-0.2, 0) is 13.0 Å². The van der Waals surface area contributed by atoms with Crippen LogP contribution in [0.5, 0.6) is 0 Å². The summed E-state index contributed by atoms with van der Waals surface area (Å²) >= 11 is 6.31. The minimum absolute atomic E-state index is 0.0189. The first-order valence-corrected chi connectivity index (χ1v) is 11.2. The average Bonchev–Trinajstić information content (AvgIpc) is 3.45. The highest BCUT2D eigenvalue weighted by Crippen LogP contribution is 2.35. The molecule has 0 saturated carbocycles. The van der Waals surface area contributed by atoms with Crippen molar-refractivity contribution >= 4 is 28.2 Å². The van der Waals surface area contributed by atoms with Gasteiger partial charge >= 0.3 is 0 Å². The van der Waals surface area contributed by atoms with Crippen LogP contribution in [0.1, 0.15) is 29.3 Å². The summed E-state index contributed by atoms with van der Waals surface area (Å²) in [4.78, 5) is 4.40. The van der Waals surface area contributed by atoms with E-state index in [9.17, 15) is 0 Å². The molecule has 6 rings (SSSR count). The molecular formula is C25H20ClN7. The number of aromatic amines is 1. The van der Waals surface area contributed by atoms with Gasteiger partial charge in [0.1, 0.15) is 0 Å². The SMILES string of the molecule is Clc1cccnc1Cn1nccc1-c1ccc2c(c1)CCC(c1ccc3cn[nH]c3c1)N=N2. The van der Waals surface area contributed by atoms with E-state index in [4.69, 9.17) is 11.6 Å². The Balaban J connectivity index is 1.27. The van der Waals surface area contributed by atoms with Gasteiger partial charge in [-0.1, -0.05) is 29.8 Å². The molecule has 3 aromatic heterocycles. The van der Waals surface area contributed by atoms with Gasteiger partial charge in [0, 0.05) is 23.3 Å². The molecule has 1 N–H and O–H groups in total. The molecule has 33 heavy (non-hydrogen) atoms. The van der Waals surface area contributed by atoms with Gasteiger partial charge in [0.15, 0.2) is 0 Å². The maximum Gasteiger partial charge on any atom is 0.0966 e. The van der Waals surface area contributed by atoms with Gasteiger partial charge in [0.25, 0.3) is 0 Å². The van der Waals surface area contributed by atoms with Crippen molar-refractivity contribution < 1.29 is 0 Å². The number of azo groups is 1. The summed E-state index contributed by atoms with van der Waals surface area (Å²) in [6, 6.07) is 18.3. The van der Waals surface area contributed by atoms with Crippen LogP contribution in [0, 0.1) is 0 Å². The Bertz CT molecular complexity index is 1480. The fourth-order valence-corrected chi connectivity index (χ4v) is 4.48. The summed E-state index contributed by atoms with van der Waals surface area (Å²) in [6.45, 7) is 0.511. The number of rotatable bonds is 4. The van der Waals surface area contributed by atoms with Gasteiger partial charge in [-0.15, -0.1) is 0 Å². The standard InChI is InChI=1S/C25H20ClN7/c26-20-2-1-10-27-24(20)15-33-25(9-11-29-33)18-6-8-21-16(12-18)5-7-22(32-31-21)17-3-4-19-14-28-30-23(19)13-17/h1-4,6,8-14,22H,5,7,15H2,(H,28,30). The van der Waals surface area contributed by atoms with E-state index in [2.05, 4.69) is 60.8 Å². The zero-order valence-electron chi connectivity index (χ0n) is 17.7. The number of aromatic nitrogens is 5. The van der Waals surface area contributed by atoms with Gasteiger partial charge in [-0.05, 0) is 60.4 Å². The summed E-state index contributed by atoms with van der Waals surface area (Å²) < 4.78 is 1.93. The van der Waals surface area contributed by atoms with Crippen molar-refractivity contribution in [3.8, 4) is 11.3 Å². The Morgan fingerprint density at radius 1 is 1.06 bits per heavy atom. The van der Waals surface area contributed by atoms with Crippen molar-refractivity contribution in [2.24, 2.45) is 10.2 Å². The number of hydrogen-bond donors (Lipinski definition) is 1. The van der Waals surface area contributed by atoms with Gasteiger partial charge in [-0.25, -0.2) is 0 Å². The largest absolute Gasteiger partial charge is 0.278 e. The number of H-pyrrole nitrogens is 1. The summed E-state index contributed by atoms with van der Waals surface area (Å²) in [5.41, 5.74) is 7.17. The average molecular weight is 454 g/mol. The lowest BCUT2D eigenvalue weighted by Crippen LogP contribution is -2.06. The van der Waals surface area contributed by atoms with Crippen LogP contribution >= 0.6 is 11.6 Å². The molecule has 8 heteroatoms. The number of pyridine rings is 1. The minimum Gasteiger partial charge on any atom is -0.278 e. The lowest BCUT2D eigenvalue weighted by molar-refractivity contribution is 0.640. The zero-order valence-corrected chi connectivity index (χ0v) is 18.4. The lowest BCUT2D eigenvalue weighted by atomic mass is 9.97.